The molecule has 2 heterocycles. The van der Waals surface area contributed by atoms with Crippen molar-refractivity contribution in [2.75, 3.05) is 57.1 Å². The summed E-state index contributed by atoms with van der Waals surface area (Å²) in [6, 6.07) is 6.79. The minimum Gasteiger partial charge on any atom is -0.495 e. The lowest BCUT2D eigenvalue weighted by Gasteiger charge is -2.40. The number of methoxy groups -OCH3 is 1. The van der Waals surface area contributed by atoms with Crippen molar-refractivity contribution in [1.82, 2.24) is 4.90 Å². The maximum atomic E-state index is 6.01. The van der Waals surface area contributed by atoms with E-state index in [-0.39, 0.29) is 0 Å². The normalized spacial score (nSPS) is 21.5. The maximum Gasteiger partial charge on any atom is 0.141 e. The van der Waals surface area contributed by atoms with Crippen LogP contribution in [0.1, 0.15) is 12.8 Å². The van der Waals surface area contributed by atoms with E-state index in [2.05, 4.69) is 15.9 Å². The van der Waals surface area contributed by atoms with E-state index in [1.54, 1.807) is 7.11 Å². The Morgan fingerprint density at radius 3 is 2.48 bits per heavy atom. The van der Waals surface area contributed by atoms with Crippen LogP contribution in [0.15, 0.2) is 18.2 Å². The van der Waals surface area contributed by atoms with Crippen LogP contribution in [0.3, 0.4) is 0 Å². The van der Waals surface area contributed by atoms with Crippen LogP contribution in [-0.2, 0) is 4.74 Å². The van der Waals surface area contributed by atoms with Gasteiger partial charge in [-0.2, -0.15) is 0 Å². The summed E-state index contributed by atoms with van der Waals surface area (Å²) < 4.78 is 10.7. The Labute approximate surface area is 126 Å². The molecule has 0 saturated carbocycles. The van der Waals surface area contributed by atoms with Crippen LogP contribution in [0, 0.1) is 0 Å². The summed E-state index contributed by atoms with van der Waals surface area (Å²) in [6.45, 7) is 6.12. The van der Waals surface area contributed by atoms with Crippen LogP contribution >= 0.6 is 0 Å². The third-order valence-electron chi connectivity index (χ3n) is 4.60. The molecule has 1 aromatic carbocycles. The Balaban J connectivity index is 1.58. The first-order valence-electron chi connectivity index (χ1n) is 7.78. The average Bonchev–Trinajstić information content (AvgIpc) is 2.56. The molecule has 0 amide bonds. The number of ether oxygens (including phenoxy) is 2. The number of nitrogens with two attached hydrogens (primary N) is 1. The molecule has 2 saturated heterocycles. The van der Waals surface area contributed by atoms with Gasteiger partial charge in [0.05, 0.1) is 26.0 Å². The molecule has 0 aromatic heterocycles. The molecular weight excluding hydrogens is 266 g/mol. The minimum absolute atomic E-state index is 0.709. The molecule has 21 heavy (non-hydrogen) atoms. The summed E-state index contributed by atoms with van der Waals surface area (Å²) in [6.07, 6.45) is 2.43. The lowest BCUT2D eigenvalue weighted by Crippen LogP contribution is -2.49. The molecule has 0 bridgehead atoms. The molecule has 3 rings (SSSR count). The highest BCUT2D eigenvalue weighted by molar-refractivity contribution is 5.63. The lowest BCUT2D eigenvalue weighted by molar-refractivity contribution is 0.0115. The van der Waals surface area contributed by atoms with Gasteiger partial charge in [-0.25, -0.2) is 0 Å². The molecule has 2 aliphatic rings. The standard InChI is InChI=1S/C16H25N3O2/c1-20-16-3-2-14(12-15(16)17)18-6-4-13(5-7-18)19-8-10-21-11-9-19/h2-3,12-13H,4-11,17H2,1H3. The van der Waals surface area contributed by atoms with Gasteiger partial charge in [-0.05, 0) is 31.0 Å². The highest BCUT2D eigenvalue weighted by Crippen LogP contribution is 2.29. The smallest absolute Gasteiger partial charge is 0.141 e. The highest BCUT2D eigenvalue weighted by atomic mass is 16.5. The fourth-order valence-corrected chi connectivity index (χ4v) is 3.35. The second-order valence-electron chi connectivity index (χ2n) is 5.79. The van der Waals surface area contributed by atoms with E-state index in [0.29, 0.717) is 11.7 Å². The summed E-state index contributed by atoms with van der Waals surface area (Å²) in [4.78, 5) is 5.01. The molecule has 2 N–H and O–H groups in total. The van der Waals surface area contributed by atoms with Crippen LogP contribution < -0.4 is 15.4 Å². The second kappa shape index (κ2) is 6.54. The Morgan fingerprint density at radius 2 is 1.86 bits per heavy atom. The fourth-order valence-electron chi connectivity index (χ4n) is 3.35. The average molecular weight is 291 g/mol. The molecule has 0 spiro atoms. The van der Waals surface area contributed by atoms with Crippen LogP contribution in [0.2, 0.25) is 0 Å². The number of anilines is 2. The van der Waals surface area contributed by atoms with E-state index in [4.69, 9.17) is 15.2 Å². The van der Waals surface area contributed by atoms with E-state index in [0.717, 1.165) is 45.1 Å². The monoisotopic (exact) mass is 291 g/mol. The van der Waals surface area contributed by atoms with Crippen LogP contribution in [0.5, 0.6) is 5.75 Å². The number of nitrogens with zero attached hydrogens (tertiary/aromatic N) is 2. The van der Waals surface area contributed by atoms with E-state index >= 15 is 0 Å². The van der Waals surface area contributed by atoms with Crippen molar-refractivity contribution < 1.29 is 9.47 Å². The Morgan fingerprint density at radius 1 is 1.14 bits per heavy atom. The number of piperidine rings is 1. The van der Waals surface area contributed by atoms with Crippen molar-refractivity contribution in [3.8, 4) is 5.75 Å². The molecule has 2 fully saturated rings. The molecule has 0 unspecified atom stereocenters. The van der Waals surface area contributed by atoms with Gasteiger partial charge in [-0.3, -0.25) is 4.90 Å². The molecule has 5 nitrogen and oxygen atoms in total. The largest absolute Gasteiger partial charge is 0.495 e. The number of hydrogen-bond acceptors (Lipinski definition) is 5. The van der Waals surface area contributed by atoms with Crippen molar-refractivity contribution in [3.63, 3.8) is 0 Å². The predicted molar refractivity (Wildman–Crippen MR) is 85.0 cm³/mol. The van der Waals surface area contributed by atoms with E-state index in [1.807, 2.05) is 12.1 Å². The van der Waals surface area contributed by atoms with Crippen LogP contribution in [0.25, 0.3) is 0 Å². The summed E-state index contributed by atoms with van der Waals surface area (Å²) in [5.74, 6) is 0.752. The highest BCUT2D eigenvalue weighted by Gasteiger charge is 2.26. The third-order valence-corrected chi connectivity index (χ3v) is 4.60. The van der Waals surface area contributed by atoms with E-state index in [1.165, 1.54) is 18.5 Å². The second-order valence-corrected chi connectivity index (χ2v) is 5.79. The van der Waals surface area contributed by atoms with Crippen molar-refractivity contribution in [2.24, 2.45) is 0 Å². The third kappa shape index (κ3) is 3.24. The fraction of sp³-hybridized carbons (Fsp3) is 0.625. The van der Waals surface area contributed by atoms with Crippen molar-refractivity contribution in [3.05, 3.63) is 18.2 Å². The number of benzene rings is 1. The zero-order valence-corrected chi connectivity index (χ0v) is 12.8. The minimum atomic E-state index is 0.709. The SMILES string of the molecule is COc1ccc(N2CCC(N3CCOCC3)CC2)cc1N. The summed E-state index contributed by atoms with van der Waals surface area (Å²) in [7, 11) is 1.65. The van der Waals surface area contributed by atoms with Gasteiger partial charge in [0.15, 0.2) is 0 Å². The van der Waals surface area contributed by atoms with E-state index < -0.39 is 0 Å². The summed E-state index contributed by atoms with van der Waals surface area (Å²) >= 11 is 0. The van der Waals surface area contributed by atoms with Crippen LogP contribution in [-0.4, -0.2) is 57.4 Å². The molecule has 0 radical (unpaired) electrons. The first-order chi connectivity index (χ1) is 10.3. The first kappa shape index (κ1) is 14.5. The van der Waals surface area contributed by atoms with Gasteiger partial charge >= 0.3 is 0 Å². The topological polar surface area (TPSA) is 51.0 Å². The molecule has 0 atom stereocenters. The Hall–Kier alpha value is -1.46. The molecule has 1 aromatic rings. The molecular formula is C16H25N3O2. The van der Waals surface area contributed by atoms with Gasteiger partial charge in [-0.15, -0.1) is 0 Å². The van der Waals surface area contributed by atoms with Gasteiger partial charge in [0.2, 0.25) is 0 Å². The zero-order chi connectivity index (χ0) is 14.7. The van der Waals surface area contributed by atoms with Gasteiger partial charge in [-0.1, -0.05) is 0 Å². The predicted octanol–water partition coefficient (Wildman–Crippen LogP) is 1.58. The molecule has 5 heteroatoms. The maximum absolute atomic E-state index is 6.01. The molecule has 2 aliphatic heterocycles. The number of morpholine rings is 1. The first-order valence-corrected chi connectivity index (χ1v) is 7.78. The molecule has 0 aliphatic carbocycles. The molecule has 116 valence electrons. The van der Waals surface area contributed by atoms with Crippen molar-refractivity contribution >= 4 is 11.4 Å². The Kier molecular flexibility index (Phi) is 4.51. The number of hydrogen-bond donors (Lipinski definition) is 1. The lowest BCUT2D eigenvalue weighted by atomic mass is 10.0. The van der Waals surface area contributed by atoms with Crippen LogP contribution in [0.4, 0.5) is 11.4 Å². The quantitative estimate of drug-likeness (QED) is 0.857. The van der Waals surface area contributed by atoms with Gasteiger partial charge in [0, 0.05) is 37.9 Å². The van der Waals surface area contributed by atoms with Gasteiger partial charge in [0.1, 0.15) is 5.75 Å². The van der Waals surface area contributed by atoms with Crippen molar-refractivity contribution in [1.29, 1.82) is 0 Å². The number of nitrogen functional groups attached to an aromatic ring is 1. The summed E-state index contributed by atoms with van der Waals surface area (Å²) in [5, 5.41) is 0. The van der Waals surface area contributed by atoms with Gasteiger partial charge in [0.25, 0.3) is 0 Å². The number of rotatable bonds is 3. The Bertz CT molecular complexity index is 467. The van der Waals surface area contributed by atoms with Crippen molar-refractivity contribution in [2.45, 2.75) is 18.9 Å². The summed E-state index contributed by atoms with van der Waals surface area (Å²) in [5.41, 5.74) is 7.92. The zero-order valence-electron chi connectivity index (χ0n) is 12.8. The van der Waals surface area contributed by atoms with Gasteiger partial charge < -0.3 is 20.1 Å². The van der Waals surface area contributed by atoms with E-state index in [9.17, 15) is 0 Å².